The van der Waals surface area contributed by atoms with Crippen LogP contribution in [0.4, 0.5) is 0 Å². The first kappa shape index (κ1) is 18.4. The molecule has 2 amide bonds. The fourth-order valence-electron chi connectivity index (χ4n) is 4.69. The van der Waals surface area contributed by atoms with Crippen LogP contribution in [-0.2, 0) is 4.84 Å². The summed E-state index contributed by atoms with van der Waals surface area (Å²) >= 11 is 5.65. The van der Waals surface area contributed by atoms with Crippen molar-refractivity contribution in [3.8, 4) is 0 Å². The van der Waals surface area contributed by atoms with Gasteiger partial charge in [-0.05, 0) is 50.0 Å². The van der Waals surface area contributed by atoms with Crippen molar-refractivity contribution in [2.24, 2.45) is 0 Å². The minimum Gasteiger partial charge on any atom is -0.338 e. The number of carbonyl (C=O) groups excluding carboxylic acids is 2. The molecule has 2 fully saturated rings. The zero-order valence-corrected chi connectivity index (χ0v) is 16.4. The largest absolute Gasteiger partial charge is 0.338 e. The van der Waals surface area contributed by atoms with Gasteiger partial charge in [0.15, 0.2) is 0 Å². The lowest BCUT2D eigenvalue weighted by Crippen LogP contribution is -2.51. The topological polar surface area (TPSA) is 49.9 Å². The lowest BCUT2D eigenvalue weighted by Gasteiger charge is -2.42. The Labute approximate surface area is 165 Å². The van der Waals surface area contributed by atoms with E-state index in [4.69, 9.17) is 17.1 Å². The zero-order valence-electron chi connectivity index (χ0n) is 15.6. The molecule has 0 atom stereocenters. The van der Waals surface area contributed by atoms with E-state index in [0.717, 1.165) is 30.7 Å². The van der Waals surface area contributed by atoms with Gasteiger partial charge in [-0.3, -0.25) is 9.59 Å². The fourth-order valence-corrected chi connectivity index (χ4v) is 5.06. The van der Waals surface area contributed by atoms with Gasteiger partial charge in [0.1, 0.15) is 0 Å². The number of amides is 2. The lowest BCUT2D eigenvalue weighted by molar-refractivity contribution is -0.0370. The minimum atomic E-state index is -0.426. The predicted molar refractivity (Wildman–Crippen MR) is 106 cm³/mol. The smallest absolute Gasteiger partial charge is 0.295 e. The number of hydrogen-bond acceptors (Lipinski definition) is 4. The van der Waals surface area contributed by atoms with Crippen LogP contribution in [0.3, 0.4) is 0 Å². The Bertz CT molecular complexity index is 686. The molecule has 0 spiro atoms. The maximum absolute atomic E-state index is 12.6. The molecule has 0 unspecified atom stereocenters. The standard InChI is InChI=1S/C21H26N2O3S/c24-19-17-13-7-8-14-18(17)20(25)23(19)26-21(27)22(15-9-3-1-4-10-15)16-11-5-2-6-12-16/h7-8,13-16H,1-6,9-12H2. The molecule has 0 N–H and O–H groups in total. The molecular weight excluding hydrogens is 360 g/mol. The molecule has 1 aliphatic heterocycles. The van der Waals surface area contributed by atoms with Gasteiger partial charge in [0.2, 0.25) is 0 Å². The lowest BCUT2D eigenvalue weighted by atomic mass is 9.89. The number of benzene rings is 1. The Morgan fingerprint density at radius 1 is 0.852 bits per heavy atom. The number of imide groups is 1. The second-order valence-corrected chi connectivity index (χ2v) is 8.15. The molecule has 1 aromatic rings. The van der Waals surface area contributed by atoms with Crippen molar-refractivity contribution in [2.75, 3.05) is 0 Å². The highest BCUT2D eigenvalue weighted by Crippen LogP contribution is 2.32. The normalized spacial score (nSPS) is 21.3. The van der Waals surface area contributed by atoms with Crippen molar-refractivity contribution in [1.29, 1.82) is 0 Å². The van der Waals surface area contributed by atoms with Gasteiger partial charge in [0, 0.05) is 12.1 Å². The summed E-state index contributed by atoms with van der Waals surface area (Å²) in [7, 11) is 0. The molecule has 27 heavy (non-hydrogen) atoms. The summed E-state index contributed by atoms with van der Waals surface area (Å²) < 4.78 is 0. The molecule has 1 aromatic carbocycles. The van der Waals surface area contributed by atoms with Gasteiger partial charge in [0.05, 0.1) is 11.1 Å². The summed E-state index contributed by atoms with van der Waals surface area (Å²) in [6.07, 6.45) is 11.7. The van der Waals surface area contributed by atoms with Crippen LogP contribution in [0.25, 0.3) is 0 Å². The highest BCUT2D eigenvalue weighted by molar-refractivity contribution is 7.80. The van der Waals surface area contributed by atoms with Crippen LogP contribution in [0.2, 0.25) is 0 Å². The number of hydroxylamine groups is 2. The van der Waals surface area contributed by atoms with Crippen molar-refractivity contribution < 1.29 is 14.4 Å². The van der Waals surface area contributed by atoms with Crippen LogP contribution in [0.5, 0.6) is 0 Å². The van der Waals surface area contributed by atoms with Gasteiger partial charge in [-0.1, -0.05) is 55.7 Å². The third-order valence-electron chi connectivity index (χ3n) is 6.07. The molecule has 0 radical (unpaired) electrons. The summed E-state index contributed by atoms with van der Waals surface area (Å²) in [5.74, 6) is -0.852. The number of hydrogen-bond donors (Lipinski definition) is 0. The van der Waals surface area contributed by atoms with E-state index in [1.54, 1.807) is 24.3 Å². The number of thiocarbonyl (C=S) groups is 1. The maximum Gasteiger partial charge on any atom is 0.295 e. The van der Waals surface area contributed by atoms with Crippen molar-refractivity contribution in [1.82, 2.24) is 9.96 Å². The second kappa shape index (κ2) is 7.97. The van der Waals surface area contributed by atoms with Crippen molar-refractivity contribution in [3.05, 3.63) is 35.4 Å². The zero-order chi connectivity index (χ0) is 18.8. The summed E-state index contributed by atoms with van der Waals surface area (Å²) in [6.45, 7) is 0. The van der Waals surface area contributed by atoms with Gasteiger partial charge < -0.3 is 9.74 Å². The molecule has 2 saturated carbocycles. The Morgan fingerprint density at radius 3 is 1.74 bits per heavy atom. The number of rotatable bonds is 3. The highest BCUT2D eigenvalue weighted by Gasteiger charge is 2.40. The van der Waals surface area contributed by atoms with E-state index in [9.17, 15) is 9.59 Å². The third kappa shape index (κ3) is 3.59. The number of fused-ring (bicyclic) bond motifs is 1. The molecule has 6 heteroatoms. The Hall–Kier alpha value is -1.95. The van der Waals surface area contributed by atoms with Gasteiger partial charge in [-0.15, -0.1) is 0 Å². The van der Waals surface area contributed by atoms with Crippen LogP contribution in [-0.4, -0.2) is 39.0 Å². The van der Waals surface area contributed by atoms with Crippen LogP contribution in [0.15, 0.2) is 24.3 Å². The van der Waals surface area contributed by atoms with Crippen LogP contribution in [0.1, 0.15) is 84.9 Å². The van der Waals surface area contributed by atoms with E-state index in [0.29, 0.717) is 23.2 Å². The second-order valence-electron chi connectivity index (χ2n) is 7.80. The maximum atomic E-state index is 12.6. The highest BCUT2D eigenvalue weighted by atomic mass is 32.1. The van der Waals surface area contributed by atoms with Crippen molar-refractivity contribution in [3.63, 3.8) is 0 Å². The number of carbonyl (C=O) groups is 2. The summed E-state index contributed by atoms with van der Waals surface area (Å²) in [5.41, 5.74) is 0.763. The summed E-state index contributed by atoms with van der Waals surface area (Å²) in [6, 6.07) is 7.52. The van der Waals surface area contributed by atoms with E-state index in [1.165, 1.54) is 38.5 Å². The van der Waals surface area contributed by atoms with E-state index >= 15 is 0 Å². The summed E-state index contributed by atoms with van der Waals surface area (Å²) in [4.78, 5) is 33.2. The van der Waals surface area contributed by atoms with Gasteiger partial charge in [-0.25, -0.2) is 0 Å². The Kier molecular flexibility index (Phi) is 5.43. The molecular formula is C21H26N2O3S. The molecule has 2 aliphatic carbocycles. The van der Waals surface area contributed by atoms with Gasteiger partial charge in [-0.2, -0.15) is 0 Å². The van der Waals surface area contributed by atoms with Crippen molar-refractivity contribution in [2.45, 2.75) is 76.3 Å². The minimum absolute atomic E-state index is 0.281. The molecule has 144 valence electrons. The number of nitrogens with zero attached hydrogens (tertiary/aromatic N) is 2. The average molecular weight is 387 g/mol. The first-order chi connectivity index (χ1) is 13.2. The molecule has 0 bridgehead atoms. The van der Waals surface area contributed by atoms with E-state index in [2.05, 4.69) is 4.90 Å². The molecule has 0 aromatic heterocycles. The molecule has 1 heterocycles. The van der Waals surface area contributed by atoms with Crippen LogP contribution >= 0.6 is 12.2 Å². The molecule has 4 rings (SSSR count). The van der Waals surface area contributed by atoms with Crippen LogP contribution in [0, 0.1) is 0 Å². The molecule has 0 saturated heterocycles. The monoisotopic (exact) mass is 386 g/mol. The first-order valence-corrected chi connectivity index (χ1v) is 10.6. The fraction of sp³-hybridized carbons (Fsp3) is 0.571. The predicted octanol–water partition coefficient (Wildman–Crippen LogP) is 4.47. The molecule has 3 aliphatic rings. The molecule has 5 nitrogen and oxygen atoms in total. The van der Waals surface area contributed by atoms with Gasteiger partial charge in [0.25, 0.3) is 17.0 Å². The van der Waals surface area contributed by atoms with E-state index < -0.39 is 11.8 Å². The van der Waals surface area contributed by atoms with E-state index in [1.807, 2.05) is 0 Å². The van der Waals surface area contributed by atoms with Gasteiger partial charge >= 0.3 is 0 Å². The van der Waals surface area contributed by atoms with Crippen molar-refractivity contribution >= 4 is 29.2 Å². The SMILES string of the molecule is O=C1c2ccccc2C(=O)N1OC(=S)N(C1CCCCC1)C1CCCCC1. The van der Waals surface area contributed by atoms with Crippen LogP contribution < -0.4 is 0 Å². The van der Waals surface area contributed by atoms with E-state index in [-0.39, 0.29) is 5.17 Å². The first-order valence-electron chi connectivity index (χ1n) is 10.1. The average Bonchev–Trinajstić information content (AvgIpc) is 2.95. The summed E-state index contributed by atoms with van der Waals surface area (Å²) in [5, 5.41) is 1.13. The Balaban J connectivity index is 1.53. The third-order valence-corrected chi connectivity index (χ3v) is 6.36. The Morgan fingerprint density at radius 2 is 1.30 bits per heavy atom. The quantitative estimate of drug-likeness (QED) is 0.567.